The number of amides is 1. The number of benzene rings is 1. The third-order valence-electron chi connectivity index (χ3n) is 3.92. The highest BCUT2D eigenvalue weighted by atomic mass is 127. The summed E-state index contributed by atoms with van der Waals surface area (Å²) in [5.41, 5.74) is 1.24. The summed E-state index contributed by atoms with van der Waals surface area (Å²) >= 11 is 0. The zero-order chi connectivity index (χ0) is 17.2. The summed E-state index contributed by atoms with van der Waals surface area (Å²) in [6.45, 7) is 3.15. The highest BCUT2D eigenvalue weighted by Crippen LogP contribution is 2.19. The minimum atomic E-state index is -0.0765. The Labute approximate surface area is 166 Å². The van der Waals surface area contributed by atoms with Gasteiger partial charge in [-0.1, -0.05) is 18.2 Å². The molecule has 1 aromatic rings. The third kappa shape index (κ3) is 7.47. The number of hydrogen-bond donors (Lipinski definition) is 3. The summed E-state index contributed by atoms with van der Waals surface area (Å²) < 4.78 is 4.90. The van der Waals surface area contributed by atoms with Gasteiger partial charge >= 0.3 is 0 Å². The Kier molecular flexibility index (Phi) is 10.2. The van der Waals surface area contributed by atoms with E-state index in [-0.39, 0.29) is 36.4 Å². The van der Waals surface area contributed by atoms with E-state index in [4.69, 9.17) is 4.74 Å². The Bertz CT molecular complexity index is 541. The molecule has 25 heavy (non-hydrogen) atoms. The van der Waals surface area contributed by atoms with Crippen LogP contribution in [0.2, 0.25) is 0 Å². The molecular formula is C17H28IN5O2. The van der Waals surface area contributed by atoms with Gasteiger partial charge in [0.25, 0.3) is 0 Å². The number of carbonyl (C=O) groups is 1. The van der Waals surface area contributed by atoms with Gasteiger partial charge in [-0.05, 0) is 18.6 Å². The molecule has 8 heteroatoms. The van der Waals surface area contributed by atoms with Crippen LogP contribution >= 0.6 is 24.0 Å². The number of carbonyl (C=O) groups excluding carboxylic acids is 1. The van der Waals surface area contributed by atoms with E-state index >= 15 is 0 Å². The van der Waals surface area contributed by atoms with Gasteiger partial charge in [-0.15, -0.1) is 24.0 Å². The topological polar surface area (TPSA) is 78.0 Å². The van der Waals surface area contributed by atoms with E-state index in [1.54, 1.807) is 14.2 Å². The molecule has 1 aliphatic heterocycles. The van der Waals surface area contributed by atoms with Crippen molar-refractivity contribution in [2.45, 2.75) is 12.5 Å². The SMILES string of the molecule is CN=C(NCC(=O)NCCOC)NC1CCN(c2ccccc2)C1.I. The van der Waals surface area contributed by atoms with Gasteiger partial charge in [-0.3, -0.25) is 9.79 Å². The van der Waals surface area contributed by atoms with Crippen LogP contribution in [0.5, 0.6) is 0 Å². The van der Waals surface area contributed by atoms with E-state index in [0.29, 0.717) is 25.2 Å². The molecule has 7 nitrogen and oxygen atoms in total. The molecule has 0 aliphatic carbocycles. The molecule has 0 radical (unpaired) electrons. The first-order valence-electron chi connectivity index (χ1n) is 8.25. The maximum Gasteiger partial charge on any atom is 0.239 e. The minimum absolute atomic E-state index is 0. The van der Waals surface area contributed by atoms with E-state index < -0.39 is 0 Å². The van der Waals surface area contributed by atoms with E-state index in [2.05, 4.69) is 50.1 Å². The minimum Gasteiger partial charge on any atom is -0.383 e. The molecule has 2 rings (SSSR count). The monoisotopic (exact) mass is 461 g/mol. The fraction of sp³-hybridized carbons (Fsp3) is 0.529. The first kappa shape index (κ1) is 21.5. The maximum absolute atomic E-state index is 11.7. The summed E-state index contributed by atoms with van der Waals surface area (Å²) in [7, 11) is 3.32. The molecule has 1 aromatic carbocycles. The zero-order valence-corrected chi connectivity index (χ0v) is 17.2. The van der Waals surface area contributed by atoms with Crippen LogP contribution in [-0.2, 0) is 9.53 Å². The fourth-order valence-electron chi connectivity index (χ4n) is 2.66. The van der Waals surface area contributed by atoms with E-state index in [1.165, 1.54) is 5.69 Å². The molecule has 1 unspecified atom stereocenters. The lowest BCUT2D eigenvalue weighted by Crippen LogP contribution is -2.47. The van der Waals surface area contributed by atoms with Crippen LogP contribution < -0.4 is 20.9 Å². The number of hydrogen-bond acceptors (Lipinski definition) is 4. The van der Waals surface area contributed by atoms with Gasteiger partial charge in [0.2, 0.25) is 5.91 Å². The summed E-state index contributed by atoms with van der Waals surface area (Å²) in [5.74, 6) is 0.573. The Hall–Kier alpha value is -1.55. The van der Waals surface area contributed by atoms with Gasteiger partial charge in [0.15, 0.2) is 5.96 Å². The molecule has 0 saturated carbocycles. The van der Waals surface area contributed by atoms with Crippen LogP contribution in [0.15, 0.2) is 35.3 Å². The van der Waals surface area contributed by atoms with E-state index in [1.807, 2.05) is 6.07 Å². The molecule has 0 bridgehead atoms. The number of nitrogens with one attached hydrogen (secondary N) is 3. The normalized spacial score (nSPS) is 17.0. The van der Waals surface area contributed by atoms with Crippen molar-refractivity contribution < 1.29 is 9.53 Å². The molecular weight excluding hydrogens is 433 g/mol. The van der Waals surface area contributed by atoms with Gasteiger partial charge in [-0.25, -0.2) is 0 Å². The van der Waals surface area contributed by atoms with Crippen molar-refractivity contribution in [3.63, 3.8) is 0 Å². The summed E-state index contributed by atoms with van der Waals surface area (Å²) in [6.07, 6.45) is 1.04. The molecule has 1 saturated heterocycles. The number of ether oxygens (including phenoxy) is 1. The summed E-state index contributed by atoms with van der Waals surface area (Å²) in [5, 5.41) is 9.19. The Morgan fingerprint density at radius 3 is 2.76 bits per heavy atom. The van der Waals surface area contributed by atoms with Crippen molar-refractivity contribution in [2.75, 3.05) is 51.8 Å². The van der Waals surface area contributed by atoms with Gasteiger partial charge in [0.05, 0.1) is 13.2 Å². The Balaban J connectivity index is 0.00000312. The standard InChI is InChI=1S/C17H27N5O2.HI/c1-18-17(20-12-16(23)19-9-11-24-2)21-14-8-10-22(13-14)15-6-4-3-5-7-15;/h3-7,14H,8-13H2,1-2H3,(H,19,23)(H2,18,20,21);1H. The Morgan fingerprint density at radius 2 is 2.08 bits per heavy atom. The predicted octanol–water partition coefficient (Wildman–Crippen LogP) is 0.811. The van der Waals surface area contributed by atoms with E-state index in [9.17, 15) is 4.79 Å². The smallest absolute Gasteiger partial charge is 0.239 e. The second-order valence-electron chi connectivity index (χ2n) is 5.68. The Morgan fingerprint density at radius 1 is 1.32 bits per heavy atom. The van der Waals surface area contributed by atoms with Crippen molar-refractivity contribution in [3.05, 3.63) is 30.3 Å². The number of rotatable bonds is 7. The molecule has 0 aromatic heterocycles. The molecule has 1 aliphatic rings. The molecule has 140 valence electrons. The van der Waals surface area contributed by atoms with Crippen LogP contribution in [0.1, 0.15) is 6.42 Å². The number of nitrogens with zero attached hydrogens (tertiary/aromatic N) is 2. The van der Waals surface area contributed by atoms with Gasteiger partial charge in [0.1, 0.15) is 0 Å². The predicted molar refractivity (Wildman–Crippen MR) is 112 cm³/mol. The quantitative estimate of drug-likeness (QED) is 0.243. The number of anilines is 1. The number of guanidine groups is 1. The highest BCUT2D eigenvalue weighted by Gasteiger charge is 2.23. The lowest BCUT2D eigenvalue weighted by molar-refractivity contribution is -0.120. The number of aliphatic imine (C=N–C) groups is 1. The van der Waals surface area contributed by atoms with Crippen LogP contribution in [0.4, 0.5) is 5.69 Å². The first-order valence-corrected chi connectivity index (χ1v) is 8.25. The molecule has 3 N–H and O–H groups in total. The number of methoxy groups -OCH3 is 1. The lowest BCUT2D eigenvalue weighted by atomic mass is 10.3. The molecule has 1 amide bonds. The van der Waals surface area contributed by atoms with Crippen molar-refractivity contribution in [3.8, 4) is 0 Å². The average Bonchev–Trinajstić information content (AvgIpc) is 3.08. The van der Waals surface area contributed by atoms with Crippen LogP contribution in [0, 0.1) is 0 Å². The molecule has 1 heterocycles. The summed E-state index contributed by atoms with van der Waals surface area (Å²) in [4.78, 5) is 18.2. The molecule has 1 fully saturated rings. The molecule has 0 spiro atoms. The van der Waals surface area contributed by atoms with Gasteiger partial charge in [-0.2, -0.15) is 0 Å². The second-order valence-corrected chi connectivity index (χ2v) is 5.68. The average molecular weight is 461 g/mol. The van der Waals surface area contributed by atoms with Crippen molar-refractivity contribution in [1.29, 1.82) is 0 Å². The largest absolute Gasteiger partial charge is 0.383 e. The fourth-order valence-corrected chi connectivity index (χ4v) is 2.66. The second kappa shape index (κ2) is 11.9. The summed E-state index contributed by atoms with van der Waals surface area (Å²) in [6, 6.07) is 10.7. The zero-order valence-electron chi connectivity index (χ0n) is 14.8. The van der Waals surface area contributed by atoms with Crippen LogP contribution in [0.25, 0.3) is 0 Å². The lowest BCUT2D eigenvalue weighted by Gasteiger charge is -2.20. The highest BCUT2D eigenvalue weighted by molar-refractivity contribution is 14.0. The maximum atomic E-state index is 11.7. The third-order valence-corrected chi connectivity index (χ3v) is 3.92. The van der Waals surface area contributed by atoms with Gasteiger partial charge < -0.3 is 25.6 Å². The number of para-hydroxylation sites is 1. The van der Waals surface area contributed by atoms with Crippen LogP contribution in [0.3, 0.4) is 0 Å². The van der Waals surface area contributed by atoms with Gasteiger partial charge in [0, 0.05) is 45.5 Å². The van der Waals surface area contributed by atoms with Crippen molar-refractivity contribution in [2.24, 2.45) is 4.99 Å². The molecule has 1 atom stereocenters. The van der Waals surface area contributed by atoms with Crippen molar-refractivity contribution >= 4 is 41.5 Å². The van der Waals surface area contributed by atoms with E-state index in [0.717, 1.165) is 19.5 Å². The van der Waals surface area contributed by atoms with Crippen LogP contribution in [-0.4, -0.2) is 64.9 Å². The van der Waals surface area contributed by atoms with Crippen molar-refractivity contribution in [1.82, 2.24) is 16.0 Å². The number of halogens is 1. The first-order chi connectivity index (χ1) is 11.7.